The quantitative estimate of drug-likeness (QED) is 0.165. The zero-order valence-electron chi connectivity index (χ0n) is 28.5. The molecule has 0 bridgehead atoms. The summed E-state index contributed by atoms with van der Waals surface area (Å²) in [7, 11) is -1.41. The third-order valence-electron chi connectivity index (χ3n) is 8.29. The second-order valence-electron chi connectivity index (χ2n) is 11.9. The van der Waals surface area contributed by atoms with Crippen molar-refractivity contribution in [2.45, 2.75) is 64.1 Å². The van der Waals surface area contributed by atoms with Crippen LogP contribution in [0.2, 0.25) is 0 Å². The van der Waals surface area contributed by atoms with Gasteiger partial charge in [-0.2, -0.15) is 0 Å². The lowest BCUT2D eigenvalue weighted by Gasteiger charge is -2.34. The van der Waals surface area contributed by atoms with Gasteiger partial charge in [0, 0.05) is 25.1 Å². The van der Waals surface area contributed by atoms with Crippen molar-refractivity contribution in [3.8, 4) is 11.5 Å². The van der Waals surface area contributed by atoms with Crippen LogP contribution in [0.25, 0.3) is 0 Å². The zero-order chi connectivity index (χ0) is 34.8. The van der Waals surface area contributed by atoms with Crippen molar-refractivity contribution in [2.24, 2.45) is 0 Å². The van der Waals surface area contributed by atoms with Crippen LogP contribution in [0.5, 0.6) is 11.5 Å². The normalized spacial score (nSPS) is 12.5. The number of hydrogen-bond acceptors (Lipinski definition) is 6. The minimum Gasteiger partial charge on any atom is -0.497 e. The number of aryl methyl sites for hydroxylation is 2. The first kappa shape index (κ1) is 36.0. The van der Waals surface area contributed by atoms with Gasteiger partial charge in [-0.1, -0.05) is 84.8 Å². The van der Waals surface area contributed by atoms with Gasteiger partial charge >= 0.3 is 0 Å². The second kappa shape index (κ2) is 16.3. The van der Waals surface area contributed by atoms with Crippen LogP contribution < -0.4 is 19.1 Å². The fraction of sp³-hybridized carbons (Fsp3) is 0.316. The zero-order valence-corrected chi connectivity index (χ0v) is 29.3. The van der Waals surface area contributed by atoms with Crippen LogP contribution in [0.1, 0.15) is 42.5 Å². The van der Waals surface area contributed by atoms with Crippen molar-refractivity contribution >= 4 is 27.5 Å². The molecule has 0 fully saturated rings. The Labute approximate surface area is 284 Å². The number of rotatable bonds is 15. The number of nitrogens with zero attached hydrogens (tertiary/aromatic N) is 2. The summed E-state index contributed by atoms with van der Waals surface area (Å²) in [6, 6.07) is 27.3. The van der Waals surface area contributed by atoms with Gasteiger partial charge in [0.05, 0.1) is 24.8 Å². The number of amides is 2. The number of methoxy groups -OCH3 is 2. The Kier molecular flexibility index (Phi) is 12.2. The predicted molar refractivity (Wildman–Crippen MR) is 189 cm³/mol. The van der Waals surface area contributed by atoms with E-state index in [2.05, 4.69) is 5.32 Å². The molecule has 0 radical (unpaired) electrons. The highest BCUT2D eigenvalue weighted by molar-refractivity contribution is 7.92. The maximum absolute atomic E-state index is 14.7. The Bertz CT molecular complexity index is 1780. The van der Waals surface area contributed by atoms with E-state index in [1.54, 1.807) is 24.3 Å². The molecular weight excluding hydrogens is 627 g/mol. The van der Waals surface area contributed by atoms with E-state index in [0.29, 0.717) is 12.2 Å². The van der Waals surface area contributed by atoms with Crippen LogP contribution >= 0.6 is 0 Å². The lowest BCUT2D eigenvalue weighted by Crippen LogP contribution is -2.54. The molecule has 0 aliphatic carbocycles. The maximum Gasteiger partial charge on any atom is 0.264 e. The molecular formula is C38H45N3O6S. The summed E-state index contributed by atoms with van der Waals surface area (Å²) in [6.07, 6.45) is 0.932. The number of benzene rings is 4. The number of nitrogens with one attached hydrogen (secondary N) is 1. The molecule has 0 aliphatic heterocycles. The van der Waals surface area contributed by atoms with E-state index in [1.807, 2.05) is 82.3 Å². The Hall–Kier alpha value is -4.83. The number of carbonyl (C=O) groups excluding carboxylic acids is 2. The van der Waals surface area contributed by atoms with E-state index in [9.17, 15) is 18.0 Å². The van der Waals surface area contributed by atoms with E-state index in [1.165, 1.54) is 37.3 Å². The van der Waals surface area contributed by atoms with Crippen LogP contribution in [-0.2, 0) is 32.6 Å². The first-order valence-electron chi connectivity index (χ1n) is 16.0. The van der Waals surface area contributed by atoms with Gasteiger partial charge in [0.2, 0.25) is 11.8 Å². The molecule has 2 amide bonds. The Balaban J connectivity index is 1.87. The van der Waals surface area contributed by atoms with E-state index in [4.69, 9.17) is 9.47 Å². The number of sulfonamides is 1. The SMILES string of the molecule is CC[C@@H](C)NC(=O)[C@H](Cc1ccccc1)N(Cc1ccc(C)cc1)C(=O)CN(c1cc(OC)ccc1OC)S(=O)(=O)c1ccc(C)cc1. The van der Waals surface area contributed by atoms with Gasteiger partial charge in [0.15, 0.2) is 0 Å². The molecule has 2 atom stereocenters. The average molecular weight is 672 g/mol. The number of ether oxygens (including phenoxy) is 2. The van der Waals surface area contributed by atoms with Gasteiger partial charge in [-0.3, -0.25) is 13.9 Å². The largest absolute Gasteiger partial charge is 0.497 e. The Morgan fingerprint density at radius 2 is 1.44 bits per heavy atom. The van der Waals surface area contributed by atoms with Crippen molar-refractivity contribution in [2.75, 3.05) is 25.1 Å². The van der Waals surface area contributed by atoms with Crippen molar-refractivity contribution in [3.05, 3.63) is 119 Å². The Morgan fingerprint density at radius 1 is 0.812 bits per heavy atom. The van der Waals surface area contributed by atoms with Crippen LogP contribution in [0, 0.1) is 13.8 Å². The first-order chi connectivity index (χ1) is 23.0. The smallest absolute Gasteiger partial charge is 0.264 e. The average Bonchev–Trinajstić information content (AvgIpc) is 3.09. The van der Waals surface area contributed by atoms with Crippen LogP contribution in [0.4, 0.5) is 5.69 Å². The molecule has 48 heavy (non-hydrogen) atoms. The summed E-state index contributed by atoms with van der Waals surface area (Å²) in [6.45, 7) is 7.20. The van der Waals surface area contributed by atoms with Gasteiger partial charge in [0.1, 0.15) is 24.1 Å². The number of carbonyl (C=O) groups is 2. The van der Waals surface area contributed by atoms with Crippen LogP contribution in [-0.4, -0.2) is 58.0 Å². The molecule has 0 saturated carbocycles. The van der Waals surface area contributed by atoms with Crippen LogP contribution in [0.15, 0.2) is 102 Å². The molecule has 1 N–H and O–H groups in total. The van der Waals surface area contributed by atoms with E-state index in [0.717, 1.165) is 26.6 Å². The number of anilines is 1. The maximum atomic E-state index is 14.7. The lowest BCUT2D eigenvalue weighted by atomic mass is 10.0. The molecule has 0 unspecified atom stereocenters. The molecule has 0 spiro atoms. The highest BCUT2D eigenvalue weighted by Crippen LogP contribution is 2.36. The van der Waals surface area contributed by atoms with Gasteiger partial charge < -0.3 is 19.7 Å². The summed E-state index contributed by atoms with van der Waals surface area (Å²) in [4.78, 5) is 30.3. The van der Waals surface area contributed by atoms with Crippen molar-refractivity contribution < 1.29 is 27.5 Å². The molecule has 4 rings (SSSR count). The van der Waals surface area contributed by atoms with Gasteiger partial charge in [-0.05, 0) is 62.6 Å². The molecule has 0 aromatic heterocycles. The molecule has 0 heterocycles. The highest BCUT2D eigenvalue weighted by Gasteiger charge is 2.36. The van der Waals surface area contributed by atoms with Crippen molar-refractivity contribution in [1.29, 1.82) is 0 Å². The topological polar surface area (TPSA) is 105 Å². The molecule has 10 heteroatoms. The molecule has 4 aromatic rings. The van der Waals surface area contributed by atoms with Crippen molar-refractivity contribution in [1.82, 2.24) is 10.2 Å². The van der Waals surface area contributed by atoms with Crippen LogP contribution in [0.3, 0.4) is 0 Å². The second-order valence-corrected chi connectivity index (χ2v) is 13.8. The van der Waals surface area contributed by atoms with E-state index in [-0.39, 0.29) is 41.2 Å². The van der Waals surface area contributed by atoms with E-state index >= 15 is 0 Å². The predicted octanol–water partition coefficient (Wildman–Crippen LogP) is 6.07. The van der Waals surface area contributed by atoms with Gasteiger partial charge in [-0.15, -0.1) is 0 Å². The number of hydrogen-bond donors (Lipinski definition) is 1. The molecule has 254 valence electrons. The minimum absolute atomic E-state index is 0.00575. The van der Waals surface area contributed by atoms with Gasteiger partial charge in [-0.25, -0.2) is 8.42 Å². The Morgan fingerprint density at radius 3 is 2.02 bits per heavy atom. The standard InChI is InChI=1S/C38H45N3O6S/c1-7-29(4)39-38(43)35(23-30-11-9-8-10-12-30)40(25-31-17-13-27(2)14-18-31)37(42)26-41(34-24-32(46-5)19-22-36(34)47-6)48(44,45)33-20-15-28(3)16-21-33/h8-22,24,29,35H,7,23,25-26H2,1-6H3,(H,39,43)/t29-,35+/m1/s1. The molecule has 0 saturated heterocycles. The summed E-state index contributed by atoms with van der Waals surface area (Å²) in [5.74, 6) is -0.259. The highest BCUT2D eigenvalue weighted by atomic mass is 32.2. The van der Waals surface area contributed by atoms with Crippen molar-refractivity contribution in [3.63, 3.8) is 0 Å². The third kappa shape index (κ3) is 8.95. The molecule has 0 aliphatic rings. The van der Waals surface area contributed by atoms with E-state index < -0.39 is 28.5 Å². The summed E-state index contributed by atoms with van der Waals surface area (Å²) in [5.41, 5.74) is 3.73. The first-order valence-corrected chi connectivity index (χ1v) is 17.4. The fourth-order valence-electron chi connectivity index (χ4n) is 5.23. The molecule has 4 aromatic carbocycles. The lowest BCUT2D eigenvalue weighted by molar-refractivity contribution is -0.140. The minimum atomic E-state index is -4.31. The monoisotopic (exact) mass is 671 g/mol. The summed E-state index contributed by atoms with van der Waals surface area (Å²) >= 11 is 0. The summed E-state index contributed by atoms with van der Waals surface area (Å²) in [5, 5.41) is 3.06. The van der Waals surface area contributed by atoms with Gasteiger partial charge in [0.25, 0.3) is 10.0 Å². The third-order valence-corrected chi connectivity index (χ3v) is 10.1. The molecule has 9 nitrogen and oxygen atoms in total. The fourth-order valence-corrected chi connectivity index (χ4v) is 6.64. The summed E-state index contributed by atoms with van der Waals surface area (Å²) < 4.78 is 40.9.